The first-order valence-electron chi connectivity index (χ1n) is 5.06. The summed E-state index contributed by atoms with van der Waals surface area (Å²) in [4.78, 5) is 17.2. The molecule has 0 bridgehead atoms. The summed E-state index contributed by atoms with van der Waals surface area (Å²) in [6.45, 7) is 1.55. The summed E-state index contributed by atoms with van der Waals surface area (Å²) in [7, 11) is -3.14. The minimum atomic E-state index is -3.14. The Hall–Kier alpha value is -1.97. The smallest absolute Gasteiger partial charge is 0.352 e. The zero-order valence-corrected chi connectivity index (χ0v) is 10.5. The Balaban J connectivity index is 2.80. The lowest BCUT2D eigenvalue weighted by Gasteiger charge is -2.06. The molecular weight excluding hydrogens is 262 g/mol. The van der Waals surface area contributed by atoms with Gasteiger partial charge in [0.05, 0.1) is 10.7 Å². The van der Waals surface area contributed by atoms with E-state index in [2.05, 4.69) is 15.3 Å². The molecule has 100 valence electrons. The van der Waals surface area contributed by atoms with Gasteiger partial charge in [0, 0.05) is 12.3 Å². The van der Waals surface area contributed by atoms with Gasteiger partial charge in [0.1, 0.15) is 6.33 Å². The highest BCUT2D eigenvalue weighted by Crippen LogP contribution is 2.25. The predicted molar refractivity (Wildman–Crippen MR) is 65.9 cm³/mol. The van der Waals surface area contributed by atoms with Gasteiger partial charge in [0.2, 0.25) is 11.6 Å². The van der Waals surface area contributed by atoms with Gasteiger partial charge < -0.3 is 11.1 Å². The van der Waals surface area contributed by atoms with Crippen LogP contribution in [0, 0.1) is 10.1 Å². The second-order valence-corrected chi connectivity index (χ2v) is 5.85. The fraction of sp³-hybridized carbons (Fsp3) is 0.500. The van der Waals surface area contributed by atoms with E-state index in [1.807, 2.05) is 0 Å². The van der Waals surface area contributed by atoms with Gasteiger partial charge in [0.25, 0.3) is 0 Å². The highest BCUT2D eigenvalue weighted by atomic mass is 32.2. The summed E-state index contributed by atoms with van der Waals surface area (Å²) in [6.07, 6.45) is 1.07. The van der Waals surface area contributed by atoms with E-state index in [1.165, 1.54) is 6.92 Å². The van der Waals surface area contributed by atoms with Crippen LogP contribution in [0.3, 0.4) is 0 Å². The lowest BCUT2D eigenvalue weighted by molar-refractivity contribution is -0.383. The Kier molecular flexibility index (Phi) is 4.37. The largest absolute Gasteiger partial charge is 0.378 e. The second-order valence-electron chi connectivity index (χ2n) is 3.38. The predicted octanol–water partition coefficient (Wildman–Crippen LogP) is -0.186. The van der Waals surface area contributed by atoms with Crippen LogP contribution in [0.4, 0.5) is 17.3 Å². The molecule has 0 saturated heterocycles. The van der Waals surface area contributed by atoms with Crippen molar-refractivity contribution in [3.63, 3.8) is 0 Å². The normalized spacial score (nSPS) is 11.2. The maximum Gasteiger partial charge on any atom is 0.352 e. The highest BCUT2D eigenvalue weighted by Gasteiger charge is 2.20. The first kappa shape index (κ1) is 14.1. The molecule has 0 saturated carbocycles. The molecule has 9 nitrogen and oxygen atoms in total. The number of hydrogen-bond acceptors (Lipinski definition) is 8. The zero-order valence-electron chi connectivity index (χ0n) is 9.66. The minimum Gasteiger partial charge on any atom is -0.378 e. The molecular formula is C8H13N5O4S. The summed E-state index contributed by atoms with van der Waals surface area (Å²) in [5, 5.41) is 13.3. The van der Waals surface area contributed by atoms with Gasteiger partial charge in [-0.3, -0.25) is 10.1 Å². The zero-order chi connectivity index (χ0) is 13.8. The number of sulfone groups is 1. The van der Waals surface area contributed by atoms with Crippen LogP contribution in [0.2, 0.25) is 0 Å². The van der Waals surface area contributed by atoms with E-state index in [9.17, 15) is 18.5 Å². The van der Waals surface area contributed by atoms with Gasteiger partial charge in [-0.1, -0.05) is 6.92 Å². The Morgan fingerprint density at radius 1 is 1.50 bits per heavy atom. The third kappa shape index (κ3) is 3.52. The molecule has 0 aliphatic rings. The van der Waals surface area contributed by atoms with Gasteiger partial charge in [-0.05, 0) is 0 Å². The average molecular weight is 275 g/mol. The van der Waals surface area contributed by atoms with Crippen molar-refractivity contribution in [3.8, 4) is 0 Å². The van der Waals surface area contributed by atoms with Crippen molar-refractivity contribution >= 4 is 27.2 Å². The molecule has 1 aromatic rings. The first-order valence-corrected chi connectivity index (χ1v) is 6.88. The first-order chi connectivity index (χ1) is 8.37. The number of rotatable bonds is 6. The van der Waals surface area contributed by atoms with Crippen LogP contribution in [-0.4, -0.2) is 41.4 Å². The van der Waals surface area contributed by atoms with Gasteiger partial charge >= 0.3 is 5.69 Å². The second kappa shape index (κ2) is 5.58. The molecule has 18 heavy (non-hydrogen) atoms. The molecule has 3 N–H and O–H groups in total. The number of nitro groups is 1. The van der Waals surface area contributed by atoms with Gasteiger partial charge in [-0.25, -0.2) is 18.4 Å². The van der Waals surface area contributed by atoms with Crippen molar-refractivity contribution in [1.29, 1.82) is 0 Å². The molecule has 0 fully saturated rings. The van der Waals surface area contributed by atoms with E-state index >= 15 is 0 Å². The van der Waals surface area contributed by atoms with Crippen LogP contribution in [0.1, 0.15) is 6.92 Å². The Bertz CT molecular complexity index is 544. The SMILES string of the molecule is CCS(=O)(=O)CCNc1ncnc(N)c1[N+](=O)[O-]. The van der Waals surface area contributed by atoms with Gasteiger partial charge in [0.15, 0.2) is 9.84 Å². The molecule has 10 heteroatoms. The molecule has 0 aliphatic carbocycles. The number of nitrogens with two attached hydrogens (primary N) is 1. The van der Waals surface area contributed by atoms with Crippen LogP contribution >= 0.6 is 0 Å². The van der Waals surface area contributed by atoms with Crippen molar-refractivity contribution in [2.45, 2.75) is 6.92 Å². The lowest BCUT2D eigenvalue weighted by Crippen LogP contribution is -2.18. The average Bonchev–Trinajstić information content (AvgIpc) is 2.28. The Morgan fingerprint density at radius 2 is 2.17 bits per heavy atom. The summed E-state index contributed by atoms with van der Waals surface area (Å²) >= 11 is 0. The molecule has 1 heterocycles. The van der Waals surface area contributed by atoms with Crippen molar-refractivity contribution < 1.29 is 13.3 Å². The molecule has 0 atom stereocenters. The quantitative estimate of drug-likeness (QED) is 0.537. The number of nitrogens with zero attached hydrogens (tertiary/aromatic N) is 3. The fourth-order valence-corrected chi connectivity index (χ4v) is 1.87. The monoisotopic (exact) mass is 275 g/mol. The fourth-order valence-electron chi connectivity index (χ4n) is 1.17. The molecule has 0 unspecified atom stereocenters. The molecule has 0 radical (unpaired) electrons. The van der Waals surface area contributed by atoms with E-state index in [0.29, 0.717) is 0 Å². The van der Waals surface area contributed by atoms with E-state index < -0.39 is 20.4 Å². The summed E-state index contributed by atoms with van der Waals surface area (Å²) < 4.78 is 22.5. The van der Waals surface area contributed by atoms with Crippen LogP contribution in [0.25, 0.3) is 0 Å². The molecule has 0 spiro atoms. The number of nitrogens with one attached hydrogen (secondary N) is 1. The van der Waals surface area contributed by atoms with E-state index in [-0.39, 0.29) is 29.7 Å². The summed E-state index contributed by atoms with van der Waals surface area (Å²) in [6, 6.07) is 0. The Morgan fingerprint density at radius 3 is 2.72 bits per heavy atom. The summed E-state index contributed by atoms with van der Waals surface area (Å²) in [5.74, 6) is -0.470. The highest BCUT2D eigenvalue weighted by molar-refractivity contribution is 7.91. The standard InChI is InChI=1S/C8H13N5O4S/c1-2-18(16,17)4-3-10-8-6(13(14)15)7(9)11-5-12-8/h5H,2-4H2,1H3,(H3,9,10,11,12). The van der Waals surface area contributed by atoms with Crippen LogP contribution < -0.4 is 11.1 Å². The lowest BCUT2D eigenvalue weighted by atomic mass is 10.4. The van der Waals surface area contributed by atoms with E-state index in [4.69, 9.17) is 5.73 Å². The minimum absolute atomic E-state index is 0.0166. The maximum atomic E-state index is 11.2. The molecule has 0 aliphatic heterocycles. The maximum absolute atomic E-state index is 11.2. The van der Waals surface area contributed by atoms with Crippen molar-refractivity contribution in [2.24, 2.45) is 0 Å². The number of nitrogen functional groups attached to an aromatic ring is 1. The number of anilines is 2. The van der Waals surface area contributed by atoms with Crippen molar-refractivity contribution in [3.05, 3.63) is 16.4 Å². The van der Waals surface area contributed by atoms with Gasteiger partial charge in [-0.2, -0.15) is 0 Å². The van der Waals surface area contributed by atoms with Crippen molar-refractivity contribution in [2.75, 3.05) is 29.1 Å². The Labute approximate surface area is 103 Å². The van der Waals surface area contributed by atoms with E-state index in [0.717, 1.165) is 6.33 Å². The van der Waals surface area contributed by atoms with E-state index in [1.54, 1.807) is 0 Å². The molecule has 0 amide bonds. The van der Waals surface area contributed by atoms with Crippen LogP contribution in [0.15, 0.2) is 6.33 Å². The number of aromatic nitrogens is 2. The third-order valence-electron chi connectivity index (χ3n) is 2.18. The molecule has 1 aromatic heterocycles. The molecule has 0 aromatic carbocycles. The topological polar surface area (TPSA) is 141 Å². The third-order valence-corrected chi connectivity index (χ3v) is 3.88. The van der Waals surface area contributed by atoms with Gasteiger partial charge in [-0.15, -0.1) is 0 Å². The summed E-state index contributed by atoms with van der Waals surface area (Å²) in [5.41, 5.74) is 4.90. The van der Waals surface area contributed by atoms with Crippen molar-refractivity contribution in [1.82, 2.24) is 9.97 Å². The van der Waals surface area contributed by atoms with Crippen LogP contribution in [-0.2, 0) is 9.84 Å². The molecule has 1 rings (SSSR count). The number of hydrogen-bond donors (Lipinski definition) is 2. The van der Waals surface area contributed by atoms with Crippen LogP contribution in [0.5, 0.6) is 0 Å².